The highest BCUT2D eigenvalue weighted by atomic mass is 35.5. The normalized spacial score (nSPS) is 14.0. The van der Waals surface area contributed by atoms with Gasteiger partial charge in [-0.1, -0.05) is 29.8 Å². The Balaban J connectivity index is 1.70. The second-order valence-corrected chi connectivity index (χ2v) is 6.92. The minimum Gasteiger partial charge on any atom is -0.493 e. The Morgan fingerprint density at radius 1 is 1.11 bits per heavy atom. The van der Waals surface area contributed by atoms with Crippen LogP contribution in [0.5, 0.6) is 17.2 Å². The quantitative estimate of drug-likeness (QED) is 0.751. The van der Waals surface area contributed by atoms with E-state index < -0.39 is 0 Å². The van der Waals surface area contributed by atoms with Crippen LogP contribution in [0.15, 0.2) is 36.4 Å². The van der Waals surface area contributed by atoms with E-state index in [0.29, 0.717) is 28.6 Å². The first kappa shape index (κ1) is 19.4. The van der Waals surface area contributed by atoms with Crippen LogP contribution in [-0.2, 0) is 6.54 Å². The van der Waals surface area contributed by atoms with Gasteiger partial charge in [-0.3, -0.25) is 4.79 Å². The summed E-state index contributed by atoms with van der Waals surface area (Å²) in [5, 5.41) is 3.25. The van der Waals surface area contributed by atoms with E-state index in [0.717, 1.165) is 24.2 Å². The molecule has 1 saturated carbocycles. The fraction of sp³-hybridized carbons (Fsp3) is 0.381. The molecule has 27 heavy (non-hydrogen) atoms. The Morgan fingerprint density at radius 2 is 1.85 bits per heavy atom. The topological polar surface area (TPSA) is 56.8 Å². The number of methoxy groups -OCH3 is 2. The highest BCUT2D eigenvalue weighted by Crippen LogP contribution is 2.36. The van der Waals surface area contributed by atoms with E-state index in [1.54, 1.807) is 12.1 Å². The number of carbonyl (C=O) groups is 1. The number of halogens is 1. The number of rotatable bonds is 7. The van der Waals surface area contributed by atoms with Crippen molar-refractivity contribution in [1.29, 1.82) is 0 Å². The number of hydrogen-bond donors (Lipinski definition) is 1. The largest absolute Gasteiger partial charge is 0.493 e. The van der Waals surface area contributed by atoms with Crippen LogP contribution in [0.3, 0.4) is 0 Å². The lowest BCUT2D eigenvalue weighted by Gasteiger charge is -2.17. The molecule has 144 valence electrons. The number of ether oxygens (including phenoxy) is 3. The molecule has 5 nitrogen and oxygen atoms in total. The number of carbonyl (C=O) groups excluding carboxylic acids is 1. The van der Waals surface area contributed by atoms with E-state index in [2.05, 4.69) is 5.32 Å². The van der Waals surface area contributed by atoms with Crippen LogP contribution in [0.2, 0.25) is 5.02 Å². The highest BCUT2D eigenvalue weighted by Gasteiger charge is 2.19. The van der Waals surface area contributed by atoms with Crippen LogP contribution in [0.1, 0.15) is 41.6 Å². The number of amides is 1. The van der Waals surface area contributed by atoms with Gasteiger partial charge >= 0.3 is 0 Å². The zero-order valence-corrected chi connectivity index (χ0v) is 16.3. The number of nitrogens with one attached hydrogen (secondary N) is 1. The van der Waals surface area contributed by atoms with Gasteiger partial charge in [-0.2, -0.15) is 0 Å². The van der Waals surface area contributed by atoms with Crippen molar-refractivity contribution >= 4 is 17.5 Å². The summed E-state index contributed by atoms with van der Waals surface area (Å²) in [7, 11) is 3.01. The van der Waals surface area contributed by atoms with E-state index >= 15 is 0 Å². The van der Waals surface area contributed by atoms with Crippen molar-refractivity contribution in [2.24, 2.45) is 0 Å². The third-order valence-electron chi connectivity index (χ3n) is 4.70. The lowest BCUT2D eigenvalue weighted by Crippen LogP contribution is -2.23. The maximum absolute atomic E-state index is 12.6. The molecular weight excluding hydrogens is 366 g/mol. The molecule has 1 N–H and O–H groups in total. The molecule has 1 amide bonds. The molecule has 6 heteroatoms. The second-order valence-electron chi connectivity index (χ2n) is 6.51. The lowest BCUT2D eigenvalue weighted by atomic mass is 10.1. The van der Waals surface area contributed by atoms with Crippen molar-refractivity contribution in [2.45, 2.75) is 38.3 Å². The Labute approximate surface area is 164 Å². The third-order valence-corrected chi connectivity index (χ3v) is 4.98. The third kappa shape index (κ3) is 4.66. The molecule has 1 fully saturated rings. The molecule has 1 aliphatic rings. The molecule has 0 radical (unpaired) electrons. The summed E-state index contributed by atoms with van der Waals surface area (Å²) >= 11 is 6.19. The number of para-hydroxylation sites is 1. The van der Waals surface area contributed by atoms with Crippen molar-refractivity contribution in [2.75, 3.05) is 14.2 Å². The number of benzene rings is 2. The van der Waals surface area contributed by atoms with Gasteiger partial charge in [-0.15, -0.1) is 0 Å². The lowest BCUT2D eigenvalue weighted by molar-refractivity contribution is 0.0950. The van der Waals surface area contributed by atoms with Gasteiger partial charge in [0, 0.05) is 17.7 Å². The summed E-state index contributed by atoms with van der Waals surface area (Å²) in [5.41, 5.74) is 1.36. The Hall–Kier alpha value is -2.40. The van der Waals surface area contributed by atoms with Gasteiger partial charge in [-0.25, -0.2) is 0 Å². The van der Waals surface area contributed by atoms with Crippen LogP contribution in [-0.4, -0.2) is 26.2 Å². The van der Waals surface area contributed by atoms with E-state index in [-0.39, 0.29) is 12.0 Å². The molecule has 0 spiro atoms. The van der Waals surface area contributed by atoms with E-state index in [9.17, 15) is 4.79 Å². The maximum atomic E-state index is 12.6. The van der Waals surface area contributed by atoms with Crippen molar-refractivity contribution in [3.63, 3.8) is 0 Å². The summed E-state index contributed by atoms with van der Waals surface area (Å²) in [6.07, 6.45) is 4.87. The van der Waals surface area contributed by atoms with Crippen LogP contribution in [0, 0.1) is 0 Å². The minimum absolute atomic E-state index is 0.242. The van der Waals surface area contributed by atoms with Gasteiger partial charge in [0.05, 0.1) is 25.3 Å². The first-order valence-corrected chi connectivity index (χ1v) is 9.44. The summed E-state index contributed by atoms with van der Waals surface area (Å²) in [6.45, 7) is 0.369. The Kier molecular flexibility index (Phi) is 6.45. The molecule has 2 aromatic rings. The Bertz CT molecular complexity index is 803. The molecule has 0 aromatic heterocycles. The van der Waals surface area contributed by atoms with E-state index in [4.69, 9.17) is 25.8 Å². The summed E-state index contributed by atoms with van der Waals surface area (Å²) in [5.74, 6) is 1.41. The average molecular weight is 390 g/mol. The van der Waals surface area contributed by atoms with Crippen LogP contribution < -0.4 is 19.5 Å². The van der Waals surface area contributed by atoms with Crippen molar-refractivity contribution in [3.8, 4) is 17.2 Å². The molecule has 0 heterocycles. The smallest absolute Gasteiger partial charge is 0.251 e. The standard InChI is InChI=1S/C21H24ClNO4/c1-25-19-12-15(11-17(22)20(19)26-2)21(24)23-13-14-7-3-6-10-18(14)27-16-8-4-5-9-16/h3,6-7,10-12,16H,4-5,8-9,13H2,1-2H3,(H,23,24). The average Bonchev–Trinajstić information content (AvgIpc) is 3.19. The molecule has 3 rings (SSSR count). The van der Waals surface area contributed by atoms with Crippen molar-refractivity contribution < 1.29 is 19.0 Å². The van der Waals surface area contributed by atoms with Gasteiger partial charge in [-0.05, 0) is 43.9 Å². The fourth-order valence-corrected chi connectivity index (χ4v) is 3.57. The molecule has 2 aromatic carbocycles. The molecule has 0 saturated heterocycles. The molecule has 0 unspecified atom stereocenters. The summed E-state index contributed by atoms with van der Waals surface area (Å²) in [6, 6.07) is 11.0. The van der Waals surface area contributed by atoms with E-state index in [1.807, 2.05) is 24.3 Å². The monoisotopic (exact) mass is 389 g/mol. The van der Waals surface area contributed by atoms with Gasteiger partial charge in [0.25, 0.3) is 5.91 Å². The first-order valence-electron chi connectivity index (χ1n) is 9.06. The number of hydrogen-bond acceptors (Lipinski definition) is 4. The van der Waals surface area contributed by atoms with Gasteiger partial charge in [0.15, 0.2) is 11.5 Å². The zero-order valence-electron chi connectivity index (χ0n) is 15.6. The molecule has 0 bridgehead atoms. The predicted molar refractivity (Wildman–Crippen MR) is 105 cm³/mol. The minimum atomic E-state index is -0.242. The highest BCUT2D eigenvalue weighted by molar-refractivity contribution is 6.32. The summed E-state index contributed by atoms with van der Waals surface area (Å²) < 4.78 is 16.6. The van der Waals surface area contributed by atoms with Crippen LogP contribution in [0.4, 0.5) is 0 Å². The molecular formula is C21H24ClNO4. The van der Waals surface area contributed by atoms with Gasteiger partial charge < -0.3 is 19.5 Å². The van der Waals surface area contributed by atoms with Gasteiger partial charge in [0.2, 0.25) is 0 Å². The Morgan fingerprint density at radius 3 is 2.56 bits per heavy atom. The zero-order chi connectivity index (χ0) is 19.2. The van der Waals surface area contributed by atoms with Gasteiger partial charge in [0.1, 0.15) is 5.75 Å². The van der Waals surface area contributed by atoms with Crippen LogP contribution in [0.25, 0.3) is 0 Å². The second kappa shape index (κ2) is 9.00. The predicted octanol–water partition coefficient (Wildman–Crippen LogP) is 4.61. The van der Waals surface area contributed by atoms with Crippen molar-refractivity contribution in [1.82, 2.24) is 5.32 Å². The SMILES string of the molecule is COc1cc(C(=O)NCc2ccccc2OC2CCCC2)cc(Cl)c1OC. The van der Waals surface area contributed by atoms with Crippen molar-refractivity contribution in [3.05, 3.63) is 52.5 Å². The maximum Gasteiger partial charge on any atom is 0.251 e. The molecule has 0 atom stereocenters. The summed E-state index contributed by atoms with van der Waals surface area (Å²) in [4.78, 5) is 12.6. The molecule has 0 aliphatic heterocycles. The fourth-order valence-electron chi connectivity index (χ4n) is 3.28. The van der Waals surface area contributed by atoms with Crippen LogP contribution >= 0.6 is 11.6 Å². The molecule has 1 aliphatic carbocycles. The van der Waals surface area contributed by atoms with E-state index in [1.165, 1.54) is 27.1 Å². The first-order chi connectivity index (χ1) is 13.1.